The monoisotopic (exact) mass is 318 g/mol. The quantitative estimate of drug-likeness (QED) is 0.843. The predicted molar refractivity (Wildman–Crippen MR) is 80.7 cm³/mol. The van der Waals surface area contributed by atoms with Crippen molar-refractivity contribution in [2.24, 2.45) is 0 Å². The molecule has 0 saturated carbocycles. The molecule has 2 amide bonds. The highest BCUT2D eigenvalue weighted by Crippen LogP contribution is 2.33. The number of hydrogen-bond acceptors (Lipinski definition) is 6. The van der Waals surface area contributed by atoms with E-state index < -0.39 is 5.25 Å². The number of amides is 2. The summed E-state index contributed by atoms with van der Waals surface area (Å²) in [6.07, 6.45) is 1.42. The van der Waals surface area contributed by atoms with Crippen LogP contribution in [0.4, 0.5) is 5.95 Å². The molecule has 2 aromatic rings. The number of nitrogens with zero attached hydrogens (tertiary/aromatic N) is 3. The van der Waals surface area contributed by atoms with Gasteiger partial charge >= 0.3 is 0 Å². The number of carbonyl (C=O) groups excluding carboxylic acids is 2. The lowest BCUT2D eigenvalue weighted by molar-refractivity contribution is -0.121. The Morgan fingerprint density at radius 3 is 2.77 bits per heavy atom. The number of aromatic nitrogens is 3. The van der Waals surface area contributed by atoms with Gasteiger partial charge in [0.15, 0.2) is 0 Å². The molecule has 22 heavy (non-hydrogen) atoms. The van der Waals surface area contributed by atoms with E-state index in [4.69, 9.17) is 4.74 Å². The molecular formula is C14H14N4O3S. The first-order valence-electron chi connectivity index (χ1n) is 6.80. The van der Waals surface area contributed by atoms with E-state index in [0.717, 1.165) is 15.5 Å². The van der Waals surface area contributed by atoms with Crippen molar-refractivity contribution >= 4 is 29.5 Å². The highest BCUT2D eigenvalue weighted by Gasteiger charge is 2.41. The molecule has 0 radical (unpaired) electrons. The van der Waals surface area contributed by atoms with Gasteiger partial charge in [-0.3, -0.25) is 9.59 Å². The van der Waals surface area contributed by atoms with Crippen LogP contribution in [0, 0.1) is 0 Å². The summed E-state index contributed by atoms with van der Waals surface area (Å²) in [7, 11) is 0. The van der Waals surface area contributed by atoms with E-state index in [-0.39, 0.29) is 24.2 Å². The predicted octanol–water partition coefficient (Wildman–Crippen LogP) is 1.63. The van der Waals surface area contributed by atoms with Crippen LogP contribution in [0.3, 0.4) is 0 Å². The molecule has 3 rings (SSSR count). The summed E-state index contributed by atoms with van der Waals surface area (Å²) in [4.78, 5) is 30.2. The molecule has 1 atom stereocenters. The van der Waals surface area contributed by atoms with E-state index in [9.17, 15) is 9.59 Å². The van der Waals surface area contributed by atoms with Crippen LogP contribution in [0.15, 0.2) is 35.5 Å². The normalized spacial score (nSPS) is 18.0. The Labute approximate surface area is 131 Å². The van der Waals surface area contributed by atoms with Gasteiger partial charge in [0.1, 0.15) is 12.1 Å². The van der Waals surface area contributed by atoms with Gasteiger partial charge in [0.2, 0.25) is 17.8 Å². The van der Waals surface area contributed by atoms with Crippen molar-refractivity contribution in [3.8, 4) is 5.75 Å². The summed E-state index contributed by atoms with van der Waals surface area (Å²) in [5.41, 5.74) is 0. The molecule has 2 heterocycles. The maximum atomic E-state index is 12.4. The van der Waals surface area contributed by atoms with Crippen LogP contribution in [0.5, 0.6) is 5.75 Å². The van der Waals surface area contributed by atoms with Crippen molar-refractivity contribution in [3.63, 3.8) is 0 Å². The molecule has 1 unspecified atom stereocenters. The molecule has 1 aliphatic rings. The lowest BCUT2D eigenvalue weighted by atomic mass is 10.3. The fraction of sp³-hybridized carbons (Fsp3) is 0.286. The van der Waals surface area contributed by atoms with Gasteiger partial charge < -0.3 is 4.74 Å². The number of benzene rings is 1. The van der Waals surface area contributed by atoms with Gasteiger partial charge in [-0.2, -0.15) is 10.1 Å². The summed E-state index contributed by atoms with van der Waals surface area (Å²) < 4.78 is 5.38. The Balaban J connectivity index is 1.71. The molecular weight excluding hydrogens is 304 g/mol. The van der Waals surface area contributed by atoms with Crippen LogP contribution in [-0.2, 0) is 9.59 Å². The van der Waals surface area contributed by atoms with Crippen molar-refractivity contribution in [1.29, 1.82) is 0 Å². The minimum atomic E-state index is -0.449. The molecule has 1 aromatic carbocycles. The number of hydrogen-bond donors (Lipinski definition) is 1. The Bertz CT molecular complexity index is 672. The zero-order chi connectivity index (χ0) is 15.5. The number of nitrogens with one attached hydrogen (secondary N) is 1. The van der Waals surface area contributed by atoms with Crippen molar-refractivity contribution in [3.05, 3.63) is 30.6 Å². The molecule has 7 nitrogen and oxygen atoms in total. The first kappa shape index (κ1) is 14.6. The third-order valence-corrected chi connectivity index (χ3v) is 4.33. The van der Waals surface area contributed by atoms with E-state index >= 15 is 0 Å². The van der Waals surface area contributed by atoms with Crippen LogP contribution >= 0.6 is 11.8 Å². The number of ether oxygens (including phenoxy) is 1. The van der Waals surface area contributed by atoms with E-state index in [1.54, 1.807) is 0 Å². The zero-order valence-electron chi connectivity index (χ0n) is 11.9. The van der Waals surface area contributed by atoms with E-state index in [1.807, 2.05) is 31.2 Å². The molecule has 8 heteroatoms. The molecule has 1 saturated heterocycles. The van der Waals surface area contributed by atoms with Crippen LogP contribution in [0.25, 0.3) is 0 Å². The summed E-state index contributed by atoms with van der Waals surface area (Å²) in [6, 6.07) is 7.46. The largest absolute Gasteiger partial charge is 0.494 e. The fourth-order valence-corrected chi connectivity index (χ4v) is 3.22. The molecule has 0 spiro atoms. The number of H-pyrrole nitrogens is 1. The van der Waals surface area contributed by atoms with Crippen LogP contribution < -0.4 is 9.64 Å². The smallest absolute Gasteiger partial charge is 0.250 e. The third kappa shape index (κ3) is 2.82. The second kappa shape index (κ2) is 6.18. The summed E-state index contributed by atoms with van der Waals surface area (Å²) >= 11 is 1.36. The zero-order valence-corrected chi connectivity index (χ0v) is 12.7. The first-order valence-corrected chi connectivity index (χ1v) is 7.68. The highest BCUT2D eigenvalue weighted by atomic mass is 32.2. The van der Waals surface area contributed by atoms with Crippen molar-refractivity contribution < 1.29 is 14.3 Å². The molecule has 1 aliphatic heterocycles. The molecule has 0 bridgehead atoms. The third-order valence-electron chi connectivity index (χ3n) is 3.13. The van der Waals surface area contributed by atoms with Gasteiger partial charge in [0.05, 0.1) is 11.9 Å². The molecule has 114 valence electrons. The van der Waals surface area contributed by atoms with Gasteiger partial charge in [-0.25, -0.2) is 10.00 Å². The summed E-state index contributed by atoms with van der Waals surface area (Å²) in [5.74, 6) is 0.402. The van der Waals surface area contributed by atoms with Crippen LogP contribution in [0.2, 0.25) is 0 Å². The van der Waals surface area contributed by atoms with Gasteiger partial charge in [0, 0.05) is 11.3 Å². The number of imide groups is 1. The molecule has 1 fully saturated rings. The van der Waals surface area contributed by atoms with Crippen molar-refractivity contribution in [2.45, 2.75) is 23.5 Å². The van der Waals surface area contributed by atoms with Crippen LogP contribution in [-0.4, -0.2) is 38.9 Å². The number of rotatable bonds is 5. The minimum Gasteiger partial charge on any atom is -0.494 e. The maximum absolute atomic E-state index is 12.4. The second-order valence-corrected chi connectivity index (χ2v) is 5.87. The highest BCUT2D eigenvalue weighted by molar-refractivity contribution is 8.00. The lowest BCUT2D eigenvalue weighted by Crippen LogP contribution is -2.32. The standard InChI is InChI=1S/C14H14N4O3S/c1-2-21-9-3-5-10(6-4-9)22-11-7-12(19)18(13(11)20)14-15-8-16-17-14/h3-6,8,11H,2,7H2,1H3,(H,15,16,17). The maximum Gasteiger partial charge on any atom is 0.250 e. The average Bonchev–Trinajstić information content (AvgIpc) is 3.11. The number of carbonyl (C=O) groups is 2. The Kier molecular flexibility index (Phi) is 4.10. The topological polar surface area (TPSA) is 88.2 Å². The van der Waals surface area contributed by atoms with Crippen molar-refractivity contribution in [1.82, 2.24) is 15.2 Å². The summed E-state index contributed by atoms with van der Waals surface area (Å²) in [5, 5.41) is 5.76. The van der Waals surface area contributed by atoms with E-state index in [2.05, 4.69) is 15.2 Å². The van der Waals surface area contributed by atoms with E-state index in [1.165, 1.54) is 18.1 Å². The Hall–Kier alpha value is -2.35. The number of aromatic amines is 1. The lowest BCUT2D eigenvalue weighted by Gasteiger charge is -2.11. The molecule has 0 aliphatic carbocycles. The average molecular weight is 318 g/mol. The fourth-order valence-electron chi connectivity index (χ4n) is 2.17. The van der Waals surface area contributed by atoms with Crippen LogP contribution in [0.1, 0.15) is 13.3 Å². The first-order chi connectivity index (χ1) is 10.7. The molecule has 1 aromatic heterocycles. The minimum absolute atomic E-state index is 0.150. The van der Waals surface area contributed by atoms with Gasteiger partial charge in [-0.1, -0.05) is 0 Å². The van der Waals surface area contributed by atoms with Gasteiger partial charge in [-0.05, 0) is 31.2 Å². The molecule has 1 N–H and O–H groups in total. The summed E-state index contributed by atoms with van der Waals surface area (Å²) in [6.45, 7) is 2.53. The Morgan fingerprint density at radius 1 is 1.36 bits per heavy atom. The SMILES string of the molecule is CCOc1ccc(SC2CC(=O)N(c3ncn[nH]3)C2=O)cc1. The van der Waals surface area contributed by atoms with E-state index in [0.29, 0.717) is 6.61 Å². The van der Waals surface area contributed by atoms with Gasteiger partial charge in [-0.15, -0.1) is 11.8 Å². The Morgan fingerprint density at radius 2 is 2.14 bits per heavy atom. The van der Waals surface area contributed by atoms with Gasteiger partial charge in [0.25, 0.3) is 0 Å². The second-order valence-electron chi connectivity index (χ2n) is 4.59. The number of anilines is 1. The van der Waals surface area contributed by atoms with Crippen molar-refractivity contribution in [2.75, 3.05) is 11.5 Å². The number of thioether (sulfide) groups is 1.